The maximum atomic E-state index is 12.1. The van der Waals surface area contributed by atoms with Crippen molar-refractivity contribution < 1.29 is 19.1 Å². The van der Waals surface area contributed by atoms with Crippen molar-refractivity contribution in [1.29, 1.82) is 0 Å². The number of esters is 1. The molecule has 1 aromatic heterocycles. The van der Waals surface area contributed by atoms with Crippen LogP contribution in [0.15, 0.2) is 30.3 Å². The Morgan fingerprint density at radius 1 is 1.12 bits per heavy atom. The number of thiophene rings is 1. The molecule has 126 valence electrons. The van der Waals surface area contributed by atoms with Gasteiger partial charge in [-0.05, 0) is 37.6 Å². The van der Waals surface area contributed by atoms with E-state index in [-0.39, 0.29) is 18.3 Å². The number of aryl methyl sites for hydroxylation is 2. The van der Waals surface area contributed by atoms with Crippen molar-refractivity contribution in [3.8, 4) is 0 Å². The van der Waals surface area contributed by atoms with E-state index in [1.54, 1.807) is 18.2 Å². The van der Waals surface area contributed by atoms with Gasteiger partial charge in [0.05, 0.1) is 17.0 Å². The van der Waals surface area contributed by atoms with Gasteiger partial charge in [-0.3, -0.25) is 9.59 Å². The van der Waals surface area contributed by atoms with Crippen molar-refractivity contribution in [1.82, 2.24) is 5.32 Å². The Labute approximate surface area is 144 Å². The van der Waals surface area contributed by atoms with Crippen LogP contribution in [0.25, 0.3) is 0 Å². The van der Waals surface area contributed by atoms with Crippen molar-refractivity contribution in [2.24, 2.45) is 0 Å². The van der Waals surface area contributed by atoms with Crippen LogP contribution in [0.1, 0.15) is 43.0 Å². The molecule has 0 radical (unpaired) electrons. The van der Waals surface area contributed by atoms with E-state index in [9.17, 15) is 14.4 Å². The Kier molecular flexibility index (Phi) is 5.87. The van der Waals surface area contributed by atoms with Gasteiger partial charge in [0, 0.05) is 11.8 Å². The largest absolute Gasteiger partial charge is 0.454 e. The summed E-state index contributed by atoms with van der Waals surface area (Å²) in [6.07, 6.45) is 0. The molecule has 1 N–H and O–H groups in total. The second-order valence-electron chi connectivity index (χ2n) is 5.49. The Morgan fingerprint density at radius 3 is 2.58 bits per heavy atom. The quantitative estimate of drug-likeness (QED) is 0.645. The molecule has 0 aliphatic carbocycles. The predicted molar refractivity (Wildman–Crippen MR) is 92.4 cm³/mol. The summed E-state index contributed by atoms with van der Waals surface area (Å²) in [6.45, 7) is 5.24. The Morgan fingerprint density at radius 2 is 1.88 bits per heavy atom. The number of carbonyl (C=O) groups excluding carboxylic acids is 3. The summed E-state index contributed by atoms with van der Waals surface area (Å²) in [5.74, 6) is -0.883. The standard InChI is InChI=1S/C18H19NO4S/c1-11-4-5-12(2)15(8-11)18(22)23-10-16(21)17-7-6-14(24-17)9-19-13(3)20/h4-8H,9-10H2,1-3H3,(H,19,20). The number of carbonyl (C=O) groups is 3. The van der Waals surface area contributed by atoms with Crippen molar-refractivity contribution in [2.45, 2.75) is 27.3 Å². The molecule has 0 bridgehead atoms. The minimum absolute atomic E-state index is 0.126. The van der Waals surface area contributed by atoms with Crippen LogP contribution in [-0.4, -0.2) is 24.3 Å². The third-order valence-corrected chi connectivity index (χ3v) is 4.52. The van der Waals surface area contributed by atoms with E-state index in [1.165, 1.54) is 18.3 Å². The van der Waals surface area contributed by atoms with Gasteiger partial charge in [-0.15, -0.1) is 11.3 Å². The number of hydrogen-bond donors (Lipinski definition) is 1. The number of benzene rings is 1. The number of rotatable bonds is 6. The van der Waals surface area contributed by atoms with Crippen molar-refractivity contribution in [3.05, 3.63) is 56.8 Å². The predicted octanol–water partition coefficient (Wildman–Crippen LogP) is 3.04. The number of amides is 1. The minimum atomic E-state index is -0.500. The molecular weight excluding hydrogens is 326 g/mol. The lowest BCUT2D eigenvalue weighted by molar-refractivity contribution is -0.119. The maximum absolute atomic E-state index is 12.1. The van der Waals surface area contributed by atoms with Crippen LogP contribution in [0.2, 0.25) is 0 Å². The van der Waals surface area contributed by atoms with Crippen molar-refractivity contribution in [2.75, 3.05) is 6.61 Å². The number of Topliss-reactive ketones (excluding diaryl/α,β-unsaturated/α-hetero) is 1. The normalized spacial score (nSPS) is 10.3. The molecule has 0 saturated heterocycles. The lowest BCUT2D eigenvalue weighted by Gasteiger charge is -2.07. The molecule has 2 aromatic rings. The topological polar surface area (TPSA) is 72.5 Å². The Hall–Kier alpha value is -2.47. The van der Waals surface area contributed by atoms with Gasteiger partial charge in [0.2, 0.25) is 11.7 Å². The second-order valence-corrected chi connectivity index (χ2v) is 6.66. The van der Waals surface area contributed by atoms with Gasteiger partial charge in [0.15, 0.2) is 6.61 Å². The Balaban J connectivity index is 1.94. The van der Waals surface area contributed by atoms with Crippen LogP contribution in [-0.2, 0) is 16.1 Å². The van der Waals surface area contributed by atoms with Gasteiger partial charge in [0.1, 0.15) is 0 Å². The van der Waals surface area contributed by atoms with E-state index >= 15 is 0 Å². The van der Waals surface area contributed by atoms with E-state index in [0.717, 1.165) is 16.0 Å². The molecule has 0 aliphatic rings. The molecule has 24 heavy (non-hydrogen) atoms. The first kappa shape index (κ1) is 17.9. The van der Waals surface area contributed by atoms with Crippen LogP contribution < -0.4 is 5.32 Å². The zero-order chi connectivity index (χ0) is 17.7. The first-order chi connectivity index (χ1) is 11.4. The summed E-state index contributed by atoms with van der Waals surface area (Å²) in [6, 6.07) is 8.97. The molecule has 0 saturated carbocycles. The average Bonchev–Trinajstić information content (AvgIpc) is 3.01. The van der Waals surface area contributed by atoms with Gasteiger partial charge in [-0.25, -0.2) is 4.79 Å². The maximum Gasteiger partial charge on any atom is 0.338 e. The molecule has 0 aliphatic heterocycles. The molecule has 0 atom stereocenters. The molecule has 1 heterocycles. The Bertz CT molecular complexity index is 779. The molecule has 5 nitrogen and oxygen atoms in total. The van der Waals surface area contributed by atoms with Crippen LogP contribution in [0.5, 0.6) is 0 Å². The monoisotopic (exact) mass is 345 g/mol. The van der Waals surface area contributed by atoms with Gasteiger partial charge in [0.25, 0.3) is 0 Å². The molecule has 1 amide bonds. The third-order valence-electron chi connectivity index (χ3n) is 3.40. The van der Waals surface area contributed by atoms with Crippen LogP contribution in [0.3, 0.4) is 0 Å². The van der Waals surface area contributed by atoms with E-state index in [1.807, 2.05) is 26.0 Å². The number of hydrogen-bond acceptors (Lipinski definition) is 5. The molecule has 0 spiro atoms. The van der Waals surface area contributed by atoms with E-state index in [2.05, 4.69) is 5.32 Å². The fourth-order valence-corrected chi connectivity index (χ4v) is 2.94. The van der Waals surface area contributed by atoms with Crippen molar-refractivity contribution in [3.63, 3.8) is 0 Å². The van der Waals surface area contributed by atoms with Crippen LogP contribution >= 0.6 is 11.3 Å². The first-order valence-electron chi connectivity index (χ1n) is 7.47. The second kappa shape index (κ2) is 7.88. The molecule has 0 fully saturated rings. The highest BCUT2D eigenvalue weighted by Crippen LogP contribution is 2.18. The summed E-state index contributed by atoms with van der Waals surface area (Å²) < 4.78 is 5.14. The fraction of sp³-hybridized carbons (Fsp3) is 0.278. The summed E-state index contributed by atoms with van der Waals surface area (Å²) in [4.78, 5) is 36.5. The minimum Gasteiger partial charge on any atom is -0.454 e. The summed E-state index contributed by atoms with van der Waals surface area (Å²) in [5.41, 5.74) is 2.24. The highest BCUT2D eigenvalue weighted by Gasteiger charge is 2.15. The van der Waals surface area contributed by atoms with E-state index in [4.69, 9.17) is 4.74 Å². The number of nitrogens with one attached hydrogen (secondary N) is 1. The molecule has 0 unspecified atom stereocenters. The zero-order valence-corrected chi connectivity index (χ0v) is 14.7. The smallest absolute Gasteiger partial charge is 0.338 e. The molecule has 2 rings (SSSR count). The van der Waals surface area contributed by atoms with Gasteiger partial charge >= 0.3 is 5.97 Å². The summed E-state index contributed by atoms with van der Waals surface area (Å²) in [5, 5.41) is 2.67. The molecular formula is C18H19NO4S. The van der Waals surface area contributed by atoms with Crippen LogP contribution in [0, 0.1) is 13.8 Å². The fourth-order valence-electron chi connectivity index (χ4n) is 2.07. The van der Waals surface area contributed by atoms with E-state index in [0.29, 0.717) is 17.0 Å². The third kappa shape index (κ3) is 4.76. The molecule has 6 heteroatoms. The lowest BCUT2D eigenvalue weighted by atomic mass is 10.1. The van der Waals surface area contributed by atoms with Gasteiger partial charge in [-0.2, -0.15) is 0 Å². The number of ketones is 1. The highest BCUT2D eigenvalue weighted by molar-refractivity contribution is 7.14. The van der Waals surface area contributed by atoms with Crippen LogP contribution in [0.4, 0.5) is 0 Å². The van der Waals surface area contributed by atoms with Gasteiger partial charge < -0.3 is 10.1 Å². The summed E-state index contributed by atoms with van der Waals surface area (Å²) in [7, 11) is 0. The highest BCUT2D eigenvalue weighted by atomic mass is 32.1. The lowest BCUT2D eigenvalue weighted by Crippen LogP contribution is -2.18. The SMILES string of the molecule is CC(=O)NCc1ccc(C(=O)COC(=O)c2cc(C)ccc2C)s1. The van der Waals surface area contributed by atoms with Gasteiger partial charge in [-0.1, -0.05) is 17.7 Å². The van der Waals surface area contributed by atoms with Crippen molar-refractivity contribution >= 4 is 29.0 Å². The average molecular weight is 345 g/mol. The molecule has 1 aromatic carbocycles. The van der Waals surface area contributed by atoms with E-state index < -0.39 is 5.97 Å². The zero-order valence-electron chi connectivity index (χ0n) is 13.8. The number of ether oxygens (including phenoxy) is 1. The summed E-state index contributed by atoms with van der Waals surface area (Å²) >= 11 is 1.28. The first-order valence-corrected chi connectivity index (χ1v) is 8.29.